The predicted molar refractivity (Wildman–Crippen MR) is 94.4 cm³/mol. The van der Waals surface area contributed by atoms with Gasteiger partial charge >= 0.3 is 0 Å². The van der Waals surface area contributed by atoms with Crippen molar-refractivity contribution in [3.05, 3.63) is 18.2 Å². The molecular weight excluding hydrogens is 344 g/mol. The molecule has 3 rings (SSSR count). The van der Waals surface area contributed by atoms with Crippen molar-refractivity contribution in [2.24, 2.45) is 0 Å². The van der Waals surface area contributed by atoms with Crippen LogP contribution in [-0.4, -0.2) is 40.0 Å². The Labute approximate surface area is 148 Å². The largest absolute Gasteiger partial charge is 0.454 e. The summed E-state index contributed by atoms with van der Waals surface area (Å²) in [7, 11) is -3.45. The summed E-state index contributed by atoms with van der Waals surface area (Å²) >= 11 is 0. The average Bonchev–Trinajstić information content (AvgIpc) is 3.20. The van der Waals surface area contributed by atoms with E-state index in [1.54, 1.807) is 18.2 Å². The van der Waals surface area contributed by atoms with Crippen LogP contribution in [0, 0.1) is 0 Å². The fraction of sp³-hybridized carbons (Fsp3) is 0.588. The lowest BCUT2D eigenvalue weighted by Gasteiger charge is -2.22. The molecule has 0 spiro atoms. The molecule has 1 fully saturated rings. The van der Waals surface area contributed by atoms with Gasteiger partial charge in [0.2, 0.25) is 22.7 Å². The zero-order valence-electron chi connectivity index (χ0n) is 14.4. The van der Waals surface area contributed by atoms with E-state index in [1.807, 2.05) is 0 Å². The van der Waals surface area contributed by atoms with Gasteiger partial charge in [0, 0.05) is 25.1 Å². The number of nitrogens with zero attached hydrogens (tertiary/aromatic N) is 1. The zero-order valence-corrected chi connectivity index (χ0v) is 15.2. The maximum atomic E-state index is 12.1. The van der Waals surface area contributed by atoms with Gasteiger partial charge in [-0.2, -0.15) is 0 Å². The fourth-order valence-electron chi connectivity index (χ4n) is 3.28. The van der Waals surface area contributed by atoms with Crippen LogP contribution in [-0.2, 0) is 14.8 Å². The molecule has 0 aromatic heterocycles. The van der Waals surface area contributed by atoms with E-state index in [-0.39, 0.29) is 25.3 Å². The summed E-state index contributed by atoms with van der Waals surface area (Å²) < 4.78 is 36.1. The molecule has 0 bridgehead atoms. The van der Waals surface area contributed by atoms with Crippen LogP contribution < -0.4 is 19.1 Å². The minimum absolute atomic E-state index is 0.00830. The Balaban J connectivity index is 1.59. The van der Waals surface area contributed by atoms with Crippen LogP contribution >= 0.6 is 0 Å². The standard InChI is InChI=1S/C17H24N2O5S/c1-25(21,22)19(14-8-9-15-16(11-14)24-12-23-15)10-4-7-17(20)18-13-5-2-3-6-13/h8-9,11,13H,2-7,10,12H2,1H3,(H,18,20). The first-order chi connectivity index (χ1) is 11.9. The van der Waals surface area contributed by atoms with E-state index in [4.69, 9.17) is 9.47 Å². The second-order valence-corrected chi connectivity index (χ2v) is 8.43. The minimum atomic E-state index is -3.45. The predicted octanol–water partition coefficient (Wildman–Crippen LogP) is 2.02. The molecule has 138 valence electrons. The second-order valence-electron chi connectivity index (χ2n) is 6.53. The van der Waals surface area contributed by atoms with Crippen LogP contribution in [0.3, 0.4) is 0 Å². The minimum Gasteiger partial charge on any atom is -0.454 e. The number of amides is 1. The van der Waals surface area contributed by atoms with E-state index in [2.05, 4.69) is 5.32 Å². The number of carbonyl (C=O) groups excluding carboxylic acids is 1. The Morgan fingerprint density at radius 2 is 1.96 bits per heavy atom. The molecule has 1 aliphatic heterocycles. The normalized spacial score (nSPS) is 16.8. The van der Waals surface area contributed by atoms with Gasteiger partial charge in [0.15, 0.2) is 11.5 Å². The van der Waals surface area contributed by atoms with Crippen molar-refractivity contribution in [2.45, 2.75) is 44.6 Å². The monoisotopic (exact) mass is 368 g/mol. The van der Waals surface area contributed by atoms with Crippen LogP contribution in [0.1, 0.15) is 38.5 Å². The Kier molecular flexibility index (Phi) is 5.36. The molecule has 0 atom stereocenters. The van der Waals surface area contributed by atoms with Gasteiger partial charge in [-0.25, -0.2) is 8.42 Å². The van der Waals surface area contributed by atoms with Gasteiger partial charge in [-0.1, -0.05) is 12.8 Å². The number of nitrogens with one attached hydrogen (secondary N) is 1. The van der Waals surface area contributed by atoms with Crippen molar-refractivity contribution in [2.75, 3.05) is 23.9 Å². The molecule has 1 aliphatic carbocycles. The molecule has 7 nitrogen and oxygen atoms in total. The number of hydrogen-bond donors (Lipinski definition) is 1. The highest BCUT2D eigenvalue weighted by Gasteiger charge is 2.22. The first-order valence-corrected chi connectivity index (χ1v) is 10.4. The number of ether oxygens (including phenoxy) is 2. The molecule has 0 saturated heterocycles. The lowest BCUT2D eigenvalue weighted by atomic mass is 10.2. The van der Waals surface area contributed by atoms with E-state index in [1.165, 1.54) is 4.31 Å². The SMILES string of the molecule is CS(=O)(=O)N(CCCC(=O)NC1CCCC1)c1ccc2c(c1)OCO2. The lowest BCUT2D eigenvalue weighted by Crippen LogP contribution is -2.34. The molecular formula is C17H24N2O5S. The molecule has 1 heterocycles. The highest BCUT2D eigenvalue weighted by atomic mass is 32.2. The van der Waals surface area contributed by atoms with Crippen molar-refractivity contribution in [1.82, 2.24) is 5.32 Å². The second kappa shape index (κ2) is 7.51. The summed E-state index contributed by atoms with van der Waals surface area (Å²) in [5, 5.41) is 3.02. The highest BCUT2D eigenvalue weighted by Crippen LogP contribution is 2.36. The molecule has 1 N–H and O–H groups in total. The molecule has 1 aromatic carbocycles. The van der Waals surface area contributed by atoms with Crippen molar-refractivity contribution >= 4 is 21.6 Å². The summed E-state index contributed by atoms with van der Waals surface area (Å²) in [5.74, 6) is 1.13. The third kappa shape index (κ3) is 4.56. The van der Waals surface area contributed by atoms with Crippen molar-refractivity contribution in [1.29, 1.82) is 0 Å². The summed E-state index contributed by atoms with van der Waals surface area (Å²) in [5.41, 5.74) is 0.517. The van der Waals surface area contributed by atoms with Crippen LogP contribution in [0.4, 0.5) is 5.69 Å². The highest BCUT2D eigenvalue weighted by molar-refractivity contribution is 7.92. The fourth-order valence-corrected chi connectivity index (χ4v) is 4.24. The van der Waals surface area contributed by atoms with E-state index < -0.39 is 10.0 Å². The molecule has 0 radical (unpaired) electrons. The van der Waals surface area contributed by atoms with Gasteiger partial charge in [-0.05, 0) is 31.4 Å². The third-order valence-electron chi connectivity index (χ3n) is 4.53. The summed E-state index contributed by atoms with van der Waals surface area (Å²) in [6.07, 6.45) is 6.34. The molecule has 8 heteroatoms. The Hall–Kier alpha value is -1.96. The van der Waals surface area contributed by atoms with Gasteiger partial charge in [0.05, 0.1) is 11.9 Å². The van der Waals surface area contributed by atoms with E-state index in [0.29, 0.717) is 30.0 Å². The van der Waals surface area contributed by atoms with Gasteiger partial charge in [-0.15, -0.1) is 0 Å². The van der Waals surface area contributed by atoms with Gasteiger partial charge in [-0.3, -0.25) is 9.10 Å². The van der Waals surface area contributed by atoms with Crippen molar-refractivity contribution < 1.29 is 22.7 Å². The van der Waals surface area contributed by atoms with Crippen LogP contribution in [0.2, 0.25) is 0 Å². The number of fused-ring (bicyclic) bond motifs is 1. The van der Waals surface area contributed by atoms with Crippen LogP contribution in [0.25, 0.3) is 0 Å². The van der Waals surface area contributed by atoms with Gasteiger partial charge in [0.25, 0.3) is 0 Å². The van der Waals surface area contributed by atoms with Crippen LogP contribution in [0.5, 0.6) is 11.5 Å². The van der Waals surface area contributed by atoms with Gasteiger partial charge in [0.1, 0.15) is 0 Å². The Morgan fingerprint density at radius 3 is 2.68 bits per heavy atom. The quantitative estimate of drug-likeness (QED) is 0.796. The number of hydrogen-bond acceptors (Lipinski definition) is 5. The molecule has 1 amide bonds. The van der Waals surface area contributed by atoms with Crippen molar-refractivity contribution in [3.8, 4) is 11.5 Å². The number of sulfonamides is 1. The maximum absolute atomic E-state index is 12.1. The molecule has 25 heavy (non-hydrogen) atoms. The third-order valence-corrected chi connectivity index (χ3v) is 5.72. The number of rotatable bonds is 7. The number of benzene rings is 1. The molecule has 2 aliphatic rings. The van der Waals surface area contributed by atoms with Crippen molar-refractivity contribution in [3.63, 3.8) is 0 Å². The number of anilines is 1. The van der Waals surface area contributed by atoms with E-state index in [9.17, 15) is 13.2 Å². The first kappa shape index (κ1) is 17.8. The van der Waals surface area contributed by atoms with Crippen LogP contribution in [0.15, 0.2) is 18.2 Å². The maximum Gasteiger partial charge on any atom is 0.232 e. The number of carbonyl (C=O) groups is 1. The summed E-state index contributed by atoms with van der Waals surface area (Å²) in [6, 6.07) is 5.32. The zero-order chi connectivity index (χ0) is 17.9. The summed E-state index contributed by atoms with van der Waals surface area (Å²) in [6.45, 7) is 0.384. The Bertz CT molecular complexity index is 729. The van der Waals surface area contributed by atoms with E-state index in [0.717, 1.165) is 31.9 Å². The first-order valence-electron chi connectivity index (χ1n) is 8.60. The topological polar surface area (TPSA) is 84.9 Å². The molecule has 1 saturated carbocycles. The van der Waals surface area contributed by atoms with Gasteiger partial charge < -0.3 is 14.8 Å². The molecule has 1 aromatic rings. The Morgan fingerprint density at radius 1 is 1.24 bits per heavy atom. The smallest absolute Gasteiger partial charge is 0.232 e. The summed E-state index contributed by atoms with van der Waals surface area (Å²) in [4.78, 5) is 12.0. The average molecular weight is 368 g/mol. The molecule has 0 unspecified atom stereocenters. The van der Waals surface area contributed by atoms with E-state index >= 15 is 0 Å². The lowest BCUT2D eigenvalue weighted by molar-refractivity contribution is -0.121.